The van der Waals surface area contributed by atoms with Gasteiger partial charge in [0.15, 0.2) is 0 Å². The summed E-state index contributed by atoms with van der Waals surface area (Å²) >= 11 is 1.68. The maximum absolute atomic E-state index is 12.2. The first-order chi connectivity index (χ1) is 10.5. The molecule has 1 aromatic heterocycles. The minimum Gasteiger partial charge on any atom is -0.338 e. The van der Waals surface area contributed by atoms with E-state index in [1.54, 1.807) is 18.3 Å². The number of amides is 2. The molecule has 1 atom stereocenters. The Labute approximate surface area is 135 Å². The zero-order valence-electron chi connectivity index (χ0n) is 12.7. The average Bonchev–Trinajstić information content (AvgIpc) is 3.17. The molecule has 1 aliphatic rings. The van der Waals surface area contributed by atoms with Gasteiger partial charge in [-0.15, -0.1) is 11.3 Å². The molecule has 8 heteroatoms. The lowest BCUT2D eigenvalue weighted by molar-refractivity contribution is 0.193. The van der Waals surface area contributed by atoms with Crippen LogP contribution in [-0.4, -0.2) is 44.7 Å². The van der Waals surface area contributed by atoms with Crippen molar-refractivity contribution in [3.8, 4) is 0 Å². The lowest BCUT2D eigenvalue weighted by atomic mass is 10.2. The molecule has 0 spiro atoms. The normalized spacial score (nSPS) is 18.6. The van der Waals surface area contributed by atoms with Gasteiger partial charge in [0.1, 0.15) is 0 Å². The number of rotatable bonds is 7. The van der Waals surface area contributed by atoms with Crippen molar-refractivity contribution in [3.63, 3.8) is 0 Å². The molecule has 1 unspecified atom stereocenters. The molecular formula is C14H23N3O3S2. The van der Waals surface area contributed by atoms with Crippen molar-refractivity contribution >= 4 is 27.4 Å². The Morgan fingerprint density at radius 3 is 2.95 bits per heavy atom. The summed E-state index contributed by atoms with van der Waals surface area (Å²) in [6.45, 7) is 3.20. The highest BCUT2D eigenvalue weighted by Crippen LogP contribution is 2.34. The van der Waals surface area contributed by atoms with Crippen LogP contribution in [0.25, 0.3) is 0 Å². The Bertz CT molecular complexity index is 572. The van der Waals surface area contributed by atoms with Gasteiger partial charge in [0, 0.05) is 24.5 Å². The van der Waals surface area contributed by atoms with Crippen LogP contribution in [0, 0.1) is 0 Å². The number of nitrogens with one attached hydrogen (secondary N) is 2. The van der Waals surface area contributed by atoms with Crippen LogP contribution in [0.3, 0.4) is 0 Å². The Balaban J connectivity index is 1.73. The Morgan fingerprint density at radius 2 is 2.27 bits per heavy atom. The van der Waals surface area contributed by atoms with Crippen LogP contribution < -0.4 is 10.0 Å². The van der Waals surface area contributed by atoms with Gasteiger partial charge in [0.05, 0.1) is 11.8 Å². The van der Waals surface area contributed by atoms with Crippen molar-refractivity contribution in [2.45, 2.75) is 32.2 Å². The third-order valence-electron chi connectivity index (χ3n) is 3.72. The van der Waals surface area contributed by atoms with Crippen LogP contribution in [0.1, 0.15) is 37.1 Å². The van der Waals surface area contributed by atoms with Gasteiger partial charge in [-0.25, -0.2) is 17.9 Å². The van der Waals surface area contributed by atoms with Gasteiger partial charge in [-0.3, -0.25) is 0 Å². The van der Waals surface area contributed by atoms with Crippen LogP contribution >= 0.6 is 11.3 Å². The molecule has 1 aromatic rings. The van der Waals surface area contributed by atoms with Crippen LogP contribution in [0.15, 0.2) is 17.5 Å². The van der Waals surface area contributed by atoms with E-state index in [1.165, 1.54) is 4.88 Å². The molecule has 0 bridgehead atoms. The number of sulfonamides is 1. The number of likely N-dealkylation sites (tertiary alicyclic amines) is 1. The second-order valence-corrected chi connectivity index (χ2v) is 8.32. The van der Waals surface area contributed by atoms with Crippen LogP contribution in [0.2, 0.25) is 0 Å². The summed E-state index contributed by atoms with van der Waals surface area (Å²) in [7, 11) is -3.15. The molecular weight excluding hydrogens is 322 g/mol. The fraction of sp³-hybridized carbons (Fsp3) is 0.643. The maximum Gasteiger partial charge on any atom is 0.317 e. The van der Waals surface area contributed by atoms with Gasteiger partial charge in [0.2, 0.25) is 10.0 Å². The molecule has 2 heterocycles. The molecule has 22 heavy (non-hydrogen) atoms. The maximum atomic E-state index is 12.2. The summed E-state index contributed by atoms with van der Waals surface area (Å²) in [6.07, 6.45) is 2.61. The van der Waals surface area contributed by atoms with E-state index in [9.17, 15) is 13.2 Å². The number of hydrogen-bond donors (Lipinski definition) is 2. The standard InChI is InChI=1S/C14H23N3O3S2/c1-2-22(19,20)16-9-5-8-15-14(18)17-10-3-6-12(17)13-7-4-11-21-13/h4,7,11-12,16H,2-3,5-6,8-10H2,1H3,(H,15,18). The van der Waals surface area contributed by atoms with E-state index >= 15 is 0 Å². The third kappa shape index (κ3) is 4.69. The smallest absolute Gasteiger partial charge is 0.317 e. The minimum atomic E-state index is -3.15. The first kappa shape index (κ1) is 17.2. The predicted octanol–water partition coefficient (Wildman–Crippen LogP) is 1.92. The molecule has 2 amide bonds. The van der Waals surface area contributed by atoms with Crippen molar-refractivity contribution in [2.24, 2.45) is 0 Å². The number of thiophene rings is 1. The Hall–Kier alpha value is -1.12. The lowest BCUT2D eigenvalue weighted by Crippen LogP contribution is -2.40. The van der Waals surface area contributed by atoms with Gasteiger partial charge in [-0.2, -0.15) is 0 Å². The van der Waals surface area contributed by atoms with Crippen LogP contribution in [0.4, 0.5) is 4.79 Å². The van der Waals surface area contributed by atoms with E-state index < -0.39 is 10.0 Å². The molecule has 1 aliphatic heterocycles. The van der Waals surface area contributed by atoms with Gasteiger partial charge in [-0.1, -0.05) is 6.07 Å². The fourth-order valence-corrected chi connectivity index (χ4v) is 4.03. The largest absolute Gasteiger partial charge is 0.338 e. The van der Waals surface area contributed by atoms with E-state index in [2.05, 4.69) is 16.1 Å². The average molecular weight is 345 g/mol. The molecule has 1 fully saturated rings. The zero-order valence-corrected chi connectivity index (χ0v) is 14.4. The highest BCUT2D eigenvalue weighted by Gasteiger charge is 2.30. The molecule has 0 saturated carbocycles. The lowest BCUT2D eigenvalue weighted by Gasteiger charge is -2.24. The molecule has 0 aromatic carbocycles. The highest BCUT2D eigenvalue weighted by atomic mass is 32.2. The van der Waals surface area contributed by atoms with Crippen molar-refractivity contribution in [3.05, 3.63) is 22.4 Å². The van der Waals surface area contributed by atoms with E-state index in [4.69, 9.17) is 0 Å². The SMILES string of the molecule is CCS(=O)(=O)NCCCNC(=O)N1CCCC1c1cccs1. The summed E-state index contributed by atoms with van der Waals surface area (Å²) < 4.78 is 25.0. The first-order valence-corrected chi connectivity index (χ1v) is 10.1. The quantitative estimate of drug-likeness (QED) is 0.741. The number of carbonyl (C=O) groups is 1. The monoisotopic (exact) mass is 345 g/mol. The number of carbonyl (C=O) groups excluding carboxylic acids is 1. The van der Waals surface area contributed by atoms with E-state index in [0.29, 0.717) is 19.5 Å². The van der Waals surface area contributed by atoms with Gasteiger partial charge < -0.3 is 10.2 Å². The van der Waals surface area contributed by atoms with Crippen LogP contribution in [0.5, 0.6) is 0 Å². The molecule has 2 rings (SSSR count). The molecule has 6 nitrogen and oxygen atoms in total. The van der Waals surface area contributed by atoms with Gasteiger partial charge >= 0.3 is 6.03 Å². The minimum absolute atomic E-state index is 0.0609. The summed E-state index contributed by atoms with van der Waals surface area (Å²) in [5, 5.41) is 4.91. The van der Waals surface area contributed by atoms with Crippen molar-refractivity contribution in [1.29, 1.82) is 0 Å². The second-order valence-electron chi connectivity index (χ2n) is 5.25. The fourth-order valence-electron chi connectivity index (χ4n) is 2.50. The van der Waals surface area contributed by atoms with Gasteiger partial charge in [-0.05, 0) is 37.6 Å². The summed E-state index contributed by atoms with van der Waals surface area (Å²) in [4.78, 5) is 15.4. The number of hydrogen-bond acceptors (Lipinski definition) is 4. The van der Waals surface area contributed by atoms with E-state index in [-0.39, 0.29) is 17.8 Å². The van der Waals surface area contributed by atoms with Crippen molar-refractivity contribution < 1.29 is 13.2 Å². The third-order valence-corrected chi connectivity index (χ3v) is 6.09. The van der Waals surface area contributed by atoms with E-state index in [0.717, 1.165) is 19.4 Å². The number of nitrogens with zero attached hydrogens (tertiary/aromatic N) is 1. The highest BCUT2D eigenvalue weighted by molar-refractivity contribution is 7.89. The van der Waals surface area contributed by atoms with Crippen molar-refractivity contribution in [2.75, 3.05) is 25.4 Å². The Morgan fingerprint density at radius 1 is 1.45 bits per heavy atom. The molecule has 2 N–H and O–H groups in total. The first-order valence-electron chi connectivity index (χ1n) is 7.58. The molecule has 0 radical (unpaired) electrons. The second kappa shape index (κ2) is 7.94. The molecule has 0 aliphatic carbocycles. The summed E-state index contributed by atoms with van der Waals surface area (Å²) in [5.41, 5.74) is 0. The van der Waals surface area contributed by atoms with Crippen molar-refractivity contribution in [1.82, 2.24) is 14.9 Å². The molecule has 124 valence electrons. The molecule has 1 saturated heterocycles. The zero-order chi connectivity index (χ0) is 16.0. The Kier molecular flexibility index (Phi) is 6.22. The number of urea groups is 1. The summed E-state index contributed by atoms with van der Waals surface area (Å²) in [5.74, 6) is 0.0790. The predicted molar refractivity (Wildman–Crippen MR) is 88.5 cm³/mol. The van der Waals surface area contributed by atoms with E-state index in [1.807, 2.05) is 16.3 Å². The van der Waals surface area contributed by atoms with Gasteiger partial charge in [0.25, 0.3) is 0 Å². The van der Waals surface area contributed by atoms with Crippen LogP contribution in [-0.2, 0) is 10.0 Å². The summed E-state index contributed by atoms with van der Waals surface area (Å²) in [6, 6.07) is 4.20. The topological polar surface area (TPSA) is 78.5 Å².